The number of fused-ring (bicyclic) bond motifs is 3. The Morgan fingerprint density at radius 1 is 0.398 bits per heavy atom. The molecule has 470 valence electrons. The SMILES string of the molecule is CC(=O)C[C@H](CC(=O)CCCCc1ccc2c(n1)CCCC2)c1cnc(C)nc1.CC(=O)C[C@H](CCCCCCc1ccc2c(n1)CCCC2)c1cnc(C)nc1.COc1ncc([C@H](CC(C)=O)CC(=O)CCCCc2ccc3c(n2)CCCCC3)cn1. The Morgan fingerprint density at radius 3 is 1.15 bits per heavy atom. The largest absolute Gasteiger partial charge is 0.467 e. The van der Waals surface area contributed by atoms with Crippen LogP contribution in [0.3, 0.4) is 0 Å². The Morgan fingerprint density at radius 2 is 0.739 bits per heavy atom. The van der Waals surface area contributed by atoms with Crippen LogP contribution < -0.4 is 4.74 Å². The normalized spacial score (nSPS) is 14.4. The summed E-state index contributed by atoms with van der Waals surface area (Å²) in [5.41, 5.74) is 14.5. The van der Waals surface area contributed by atoms with Crippen molar-refractivity contribution in [3.05, 3.63) is 153 Å². The molecule has 0 saturated carbocycles. The number of unbranched alkanes of at least 4 members (excludes halogenated alkanes) is 5. The zero-order valence-corrected chi connectivity index (χ0v) is 53.8. The molecule has 0 bridgehead atoms. The topological polar surface area (TPSA) is 211 Å². The number of aryl methyl sites for hydroxylation is 11. The molecule has 0 N–H and O–H groups in total. The van der Waals surface area contributed by atoms with Gasteiger partial charge in [0.25, 0.3) is 0 Å². The molecule has 6 heterocycles. The van der Waals surface area contributed by atoms with Crippen LogP contribution >= 0.6 is 0 Å². The van der Waals surface area contributed by atoms with Crippen molar-refractivity contribution in [3.8, 4) is 6.01 Å². The number of methoxy groups -OCH3 is 1. The molecule has 0 aromatic carbocycles. The van der Waals surface area contributed by atoms with Gasteiger partial charge in [0.15, 0.2) is 0 Å². The fraction of sp³-hybridized carbons (Fsp3) is 0.562. The van der Waals surface area contributed by atoms with Crippen LogP contribution in [0.2, 0.25) is 0 Å². The van der Waals surface area contributed by atoms with E-state index in [1.807, 2.05) is 26.2 Å². The summed E-state index contributed by atoms with van der Waals surface area (Å²) in [6.45, 7) is 8.51. The van der Waals surface area contributed by atoms with Gasteiger partial charge < -0.3 is 19.1 Å². The van der Waals surface area contributed by atoms with E-state index in [1.54, 1.807) is 45.6 Å². The lowest BCUT2D eigenvalue weighted by atomic mass is 9.90. The van der Waals surface area contributed by atoms with E-state index in [0.717, 1.165) is 124 Å². The number of carbonyl (C=O) groups is 5. The zero-order chi connectivity index (χ0) is 62.5. The van der Waals surface area contributed by atoms with Crippen molar-refractivity contribution in [1.82, 2.24) is 44.9 Å². The number of Topliss-reactive ketones (excluding diaryl/α,β-unsaturated/α-hetero) is 5. The fourth-order valence-corrected chi connectivity index (χ4v) is 12.4. The molecule has 0 fully saturated rings. The van der Waals surface area contributed by atoms with Crippen LogP contribution in [-0.4, -0.2) is 80.9 Å². The third-order valence-electron chi connectivity index (χ3n) is 17.4. The lowest BCUT2D eigenvalue weighted by Crippen LogP contribution is -2.11. The molecular formula is C73H97N9O6. The number of pyridine rings is 3. The van der Waals surface area contributed by atoms with Gasteiger partial charge in [-0.1, -0.05) is 43.9 Å². The maximum Gasteiger partial charge on any atom is 0.316 e. The van der Waals surface area contributed by atoms with E-state index in [4.69, 9.17) is 19.7 Å². The monoisotopic (exact) mass is 1200 g/mol. The Bertz CT molecular complexity index is 3170. The van der Waals surface area contributed by atoms with E-state index in [-0.39, 0.29) is 52.7 Å². The Labute approximate surface area is 523 Å². The van der Waals surface area contributed by atoms with Crippen LogP contribution in [0.1, 0.15) is 265 Å². The van der Waals surface area contributed by atoms with Gasteiger partial charge in [-0.25, -0.2) is 29.9 Å². The molecule has 15 nitrogen and oxygen atoms in total. The quantitative estimate of drug-likeness (QED) is 0.0293. The summed E-state index contributed by atoms with van der Waals surface area (Å²) in [7, 11) is 1.51. The summed E-state index contributed by atoms with van der Waals surface area (Å²) in [6, 6.07) is 13.6. The predicted molar refractivity (Wildman–Crippen MR) is 345 cm³/mol. The van der Waals surface area contributed by atoms with Crippen LogP contribution in [0.25, 0.3) is 0 Å². The van der Waals surface area contributed by atoms with Crippen molar-refractivity contribution in [2.24, 2.45) is 0 Å². The zero-order valence-electron chi connectivity index (χ0n) is 53.8. The van der Waals surface area contributed by atoms with Crippen LogP contribution in [0.4, 0.5) is 0 Å². The highest BCUT2D eigenvalue weighted by Crippen LogP contribution is 2.29. The molecule has 0 amide bonds. The van der Waals surface area contributed by atoms with Gasteiger partial charge in [0.2, 0.25) is 0 Å². The molecule has 9 rings (SSSR count). The van der Waals surface area contributed by atoms with Crippen molar-refractivity contribution in [2.75, 3.05) is 7.11 Å². The van der Waals surface area contributed by atoms with Crippen molar-refractivity contribution < 1.29 is 28.7 Å². The number of nitrogens with zero attached hydrogens (tertiary/aromatic N) is 9. The molecule has 0 aliphatic heterocycles. The second kappa shape index (κ2) is 37.0. The van der Waals surface area contributed by atoms with Crippen LogP contribution in [0, 0.1) is 13.8 Å². The first-order chi connectivity index (χ1) is 42.7. The van der Waals surface area contributed by atoms with Gasteiger partial charge in [0.1, 0.15) is 40.6 Å². The molecule has 0 saturated heterocycles. The highest BCUT2D eigenvalue weighted by molar-refractivity contribution is 5.82. The number of ketones is 5. The minimum atomic E-state index is -0.179. The highest BCUT2D eigenvalue weighted by atomic mass is 16.5. The number of hydrogen-bond donors (Lipinski definition) is 0. The second-order valence-electron chi connectivity index (χ2n) is 25.0. The van der Waals surface area contributed by atoms with Gasteiger partial charge in [0.05, 0.1) is 7.11 Å². The molecule has 88 heavy (non-hydrogen) atoms. The molecule has 6 aromatic rings. The maximum atomic E-state index is 12.6. The molecule has 0 radical (unpaired) electrons. The number of ether oxygens (including phenoxy) is 1. The number of hydrogen-bond acceptors (Lipinski definition) is 15. The van der Waals surface area contributed by atoms with Crippen LogP contribution in [0.15, 0.2) is 73.6 Å². The van der Waals surface area contributed by atoms with Gasteiger partial charge in [-0.15, -0.1) is 0 Å². The van der Waals surface area contributed by atoms with E-state index >= 15 is 0 Å². The summed E-state index contributed by atoms with van der Waals surface area (Å²) in [6.07, 6.45) is 41.7. The van der Waals surface area contributed by atoms with Gasteiger partial charge >= 0.3 is 6.01 Å². The first kappa shape index (κ1) is 68.3. The Hall–Kier alpha value is -7.16. The Kier molecular flexibility index (Phi) is 28.7. The minimum absolute atomic E-state index is 0.0582. The number of aromatic nitrogens is 9. The lowest BCUT2D eigenvalue weighted by Gasteiger charge is -2.16. The van der Waals surface area contributed by atoms with Gasteiger partial charge in [-0.2, -0.15) is 0 Å². The summed E-state index contributed by atoms with van der Waals surface area (Å²) in [5, 5.41) is 0. The molecule has 6 aromatic heterocycles. The maximum absolute atomic E-state index is 12.6. The molecular weight excluding hydrogens is 1100 g/mol. The number of carbonyl (C=O) groups excluding carboxylic acids is 5. The molecule has 0 spiro atoms. The Balaban J connectivity index is 0.000000189. The fourth-order valence-electron chi connectivity index (χ4n) is 12.4. The molecule has 3 aliphatic rings. The summed E-state index contributed by atoms with van der Waals surface area (Å²) < 4.78 is 4.99. The van der Waals surface area contributed by atoms with E-state index < -0.39 is 0 Å². The van der Waals surface area contributed by atoms with Crippen LogP contribution in [0.5, 0.6) is 6.01 Å². The summed E-state index contributed by atoms with van der Waals surface area (Å²) in [4.78, 5) is 99.9. The van der Waals surface area contributed by atoms with Crippen molar-refractivity contribution >= 4 is 28.9 Å². The number of rotatable bonds is 31. The van der Waals surface area contributed by atoms with Gasteiger partial charge in [0, 0.05) is 128 Å². The highest BCUT2D eigenvalue weighted by Gasteiger charge is 2.22. The van der Waals surface area contributed by atoms with E-state index in [9.17, 15) is 24.0 Å². The minimum Gasteiger partial charge on any atom is -0.467 e. The van der Waals surface area contributed by atoms with Gasteiger partial charge in [-0.3, -0.25) is 24.5 Å². The lowest BCUT2D eigenvalue weighted by molar-refractivity contribution is -0.121. The second-order valence-corrected chi connectivity index (χ2v) is 25.0. The average Bonchev–Trinajstić information content (AvgIpc) is 3.70. The third-order valence-corrected chi connectivity index (χ3v) is 17.4. The van der Waals surface area contributed by atoms with Gasteiger partial charge in [-0.05, 0) is 227 Å². The van der Waals surface area contributed by atoms with Crippen LogP contribution in [-0.2, 0) is 81.8 Å². The van der Waals surface area contributed by atoms with E-state index in [1.165, 1.54) is 117 Å². The molecule has 3 atom stereocenters. The van der Waals surface area contributed by atoms with E-state index in [2.05, 4.69) is 66.3 Å². The van der Waals surface area contributed by atoms with E-state index in [0.29, 0.717) is 50.8 Å². The average molecular weight is 1200 g/mol. The predicted octanol–water partition coefficient (Wildman–Crippen LogP) is 14.4. The van der Waals surface area contributed by atoms with Crippen molar-refractivity contribution in [3.63, 3.8) is 0 Å². The molecule has 15 heteroatoms. The van der Waals surface area contributed by atoms with Crippen molar-refractivity contribution in [2.45, 2.75) is 258 Å². The van der Waals surface area contributed by atoms with Crippen molar-refractivity contribution in [1.29, 1.82) is 0 Å². The summed E-state index contributed by atoms with van der Waals surface area (Å²) in [5.74, 6) is 2.19. The first-order valence-corrected chi connectivity index (χ1v) is 33.1. The standard InChI is InChI=1S/C25H33N3O3.C24H31N3O2.C24H33N3O/c1-18(29)14-20(21-16-26-25(31-2)27-17-21)15-23(30)10-7-6-9-22-13-12-19-8-4-3-5-11-24(19)28-22;1-17(28)13-20(21-15-25-18(2)26-16-21)14-23(29)9-5-4-8-22-12-11-19-7-3-6-10-24(19)27-22;1-18(28)15-21(22-16-25-19(2)26-17-22)10-5-3-4-6-11-23-14-13-20-9-7-8-12-24(20)27-23/h12-13,16-17,20H,3-11,14-15H2,1-2H3;11-12,15-16,20H,3-10,13-14H2,1-2H3;13-14,16-17,21H,3-12,15H2,1-2H3/t2*20-;21-/m110/s1. The molecule has 3 aliphatic carbocycles. The first-order valence-electron chi connectivity index (χ1n) is 33.1. The summed E-state index contributed by atoms with van der Waals surface area (Å²) >= 11 is 0. The third kappa shape index (κ3) is 24.1. The smallest absolute Gasteiger partial charge is 0.316 e. The molecule has 0 unspecified atom stereocenters.